The SMILES string of the molecule is CCOC[C@]1(N)[C@H](c2ccc(Br)cc2)[C@@H]1S(=O)(=O)CC. The minimum absolute atomic E-state index is 0.107. The minimum Gasteiger partial charge on any atom is -0.380 e. The van der Waals surface area contributed by atoms with Crippen LogP contribution in [-0.2, 0) is 14.6 Å². The quantitative estimate of drug-likeness (QED) is 0.841. The van der Waals surface area contributed by atoms with Gasteiger partial charge in [0.15, 0.2) is 9.84 Å². The van der Waals surface area contributed by atoms with Gasteiger partial charge in [0.05, 0.1) is 17.4 Å². The molecule has 0 heterocycles. The lowest BCUT2D eigenvalue weighted by Crippen LogP contribution is -2.36. The van der Waals surface area contributed by atoms with E-state index in [-0.39, 0.29) is 18.3 Å². The third-order valence-corrected chi connectivity index (χ3v) is 6.70. The first kappa shape index (κ1) is 15.9. The molecule has 1 aliphatic carbocycles. The van der Waals surface area contributed by atoms with Crippen molar-refractivity contribution in [1.82, 2.24) is 0 Å². The molecule has 0 aromatic heterocycles. The molecule has 4 nitrogen and oxygen atoms in total. The van der Waals surface area contributed by atoms with Crippen LogP contribution in [0.3, 0.4) is 0 Å². The molecule has 1 aromatic carbocycles. The predicted molar refractivity (Wildman–Crippen MR) is 83.5 cm³/mol. The number of nitrogens with two attached hydrogens (primary N) is 1. The molecule has 6 heteroatoms. The molecule has 1 aliphatic rings. The maximum Gasteiger partial charge on any atom is 0.155 e. The first-order valence-electron chi connectivity index (χ1n) is 6.70. The standard InChI is InChI=1S/C14H20BrNO3S/c1-3-19-9-14(16)12(13(14)20(17,18)4-2)10-5-7-11(15)8-6-10/h5-8,12-13H,3-4,9,16H2,1-2H3/t12-,13+,14+/m1/s1. The van der Waals surface area contributed by atoms with Gasteiger partial charge < -0.3 is 10.5 Å². The average Bonchev–Trinajstić information content (AvgIpc) is 3.05. The third-order valence-electron chi connectivity index (χ3n) is 3.88. The van der Waals surface area contributed by atoms with Crippen LogP contribution in [0.5, 0.6) is 0 Å². The summed E-state index contributed by atoms with van der Waals surface area (Å²) in [5.74, 6) is -0.0810. The Labute approximate surface area is 128 Å². The third kappa shape index (κ3) is 2.79. The van der Waals surface area contributed by atoms with Gasteiger partial charge in [0.1, 0.15) is 0 Å². The zero-order chi connectivity index (χ0) is 15.0. The van der Waals surface area contributed by atoms with Crippen molar-refractivity contribution in [3.05, 3.63) is 34.3 Å². The average molecular weight is 362 g/mol. The van der Waals surface area contributed by atoms with Crippen LogP contribution in [0.15, 0.2) is 28.7 Å². The molecule has 0 saturated heterocycles. The van der Waals surface area contributed by atoms with Crippen LogP contribution in [0.25, 0.3) is 0 Å². The molecule has 0 aliphatic heterocycles. The van der Waals surface area contributed by atoms with Gasteiger partial charge in [0.25, 0.3) is 0 Å². The fourth-order valence-corrected chi connectivity index (χ4v) is 5.00. The molecule has 2 rings (SSSR count). The lowest BCUT2D eigenvalue weighted by molar-refractivity contribution is 0.125. The van der Waals surface area contributed by atoms with Crippen molar-refractivity contribution in [3.63, 3.8) is 0 Å². The van der Waals surface area contributed by atoms with Crippen LogP contribution in [0.1, 0.15) is 25.3 Å². The fourth-order valence-electron chi connectivity index (χ4n) is 2.75. The highest BCUT2D eigenvalue weighted by Gasteiger charge is 2.68. The number of sulfone groups is 1. The number of rotatable bonds is 6. The van der Waals surface area contributed by atoms with Gasteiger partial charge in [0, 0.05) is 22.8 Å². The summed E-state index contributed by atoms with van der Waals surface area (Å²) in [6, 6.07) is 7.66. The number of hydrogen-bond donors (Lipinski definition) is 1. The molecule has 3 atom stereocenters. The number of ether oxygens (including phenoxy) is 1. The largest absolute Gasteiger partial charge is 0.380 e. The van der Waals surface area contributed by atoms with Gasteiger partial charge in [-0.05, 0) is 24.6 Å². The van der Waals surface area contributed by atoms with Gasteiger partial charge in [-0.25, -0.2) is 8.42 Å². The summed E-state index contributed by atoms with van der Waals surface area (Å²) < 4.78 is 30.9. The maximum absolute atomic E-state index is 12.2. The van der Waals surface area contributed by atoms with Gasteiger partial charge in [-0.15, -0.1) is 0 Å². The monoisotopic (exact) mass is 361 g/mol. The van der Waals surface area contributed by atoms with E-state index in [0.717, 1.165) is 10.0 Å². The van der Waals surface area contributed by atoms with Crippen molar-refractivity contribution in [2.75, 3.05) is 19.0 Å². The van der Waals surface area contributed by atoms with Gasteiger partial charge in [0.2, 0.25) is 0 Å². The minimum atomic E-state index is -3.19. The van der Waals surface area contributed by atoms with E-state index in [1.807, 2.05) is 31.2 Å². The normalized spacial score (nSPS) is 29.4. The highest BCUT2D eigenvalue weighted by Crippen LogP contribution is 2.54. The second kappa shape index (κ2) is 5.75. The first-order valence-corrected chi connectivity index (χ1v) is 9.21. The van der Waals surface area contributed by atoms with E-state index in [4.69, 9.17) is 10.5 Å². The van der Waals surface area contributed by atoms with Crippen LogP contribution in [0.2, 0.25) is 0 Å². The van der Waals surface area contributed by atoms with Crippen molar-refractivity contribution in [3.8, 4) is 0 Å². The molecule has 0 bridgehead atoms. The Balaban J connectivity index is 2.32. The lowest BCUT2D eigenvalue weighted by atomic mass is 10.1. The summed E-state index contributed by atoms with van der Waals surface area (Å²) in [7, 11) is -3.19. The first-order chi connectivity index (χ1) is 9.36. The Bertz CT molecular complexity index is 573. The number of halogens is 1. The lowest BCUT2D eigenvalue weighted by Gasteiger charge is -2.12. The Morgan fingerprint density at radius 1 is 1.30 bits per heavy atom. The summed E-state index contributed by atoms with van der Waals surface area (Å²) in [5, 5.41) is -0.548. The molecule has 0 spiro atoms. The topological polar surface area (TPSA) is 69.4 Å². The maximum atomic E-state index is 12.2. The molecule has 0 radical (unpaired) electrons. The van der Waals surface area contributed by atoms with Crippen molar-refractivity contribution in [2.24, 2.45) is 5.73 Å². The van der Waals surface area contributed by atoms with E-state index in [1.54, 1.807) is 6.92 Å². The summed E-state index contributed by atoms with van der Waals surface area (Å²) >= 11 is 3.38. The van der Waals surface area contributed by atoms with E-state index in [2.05, 4.69) is 15.9 Å². The molecule has 112 valence electrons. The molecule has 20 heavy (non-hydrogen) atoms. The molecule has 0 amide bonds. The Kier molecular flexibility index (Phi) is 4.59. The number of benzene rings is 1. The predicted octanol–water partition coefficient (Wildman–Crippen LogP) is 2.08. The summed E-state index contributed by atoms with van der Waals surface area (Å²) in [5.41, 5.74) is 6.49. The number of hydrogen-bond acceptors (Lipinski definition) is 4. The van der Waals surface area contributed by atoms with Gasteiger partial charge >= 0.3 is 0 Å². The smallest absolute Gasteiger partial charge is 0.155 e. The Morgan fingerprint density at radius 3 is 2.40 bits per heavy atom. The van der Waals surface area contributed by atoms with Crippen LogP contribution < -0.4 is 5.73 Å². The highest BCUT2D eigenvalue weighted by atomic mass is 79.9. The van der Waals surface area contributed by atoms with Crippen LogP contribution in [-0.4, -0.2) is 38.2 Å². The zero-order valence-corrected chi connectivity index (χ0v) is 14.1. The fraction of sp³-hybridized carbons (Fsp3) is 0.571. The van der Waals surface area contributed by atoms with Gasteiger partial charge in [-0.2, -0.15) is 0 Å². The van der Waals surface area contributed by atoms with E-state index >= 15 is 0 Å². The van der Waals surface area contributed by atoms with Crippen molar-refractivity contribution >= 4 is 25.8 Å². The van der Waals surface area contributed by atoms with Crippen LogP contribution in [0.4, 0.5) is 0 Å². The van der Waals surface area contributed by atoms with Gasteiger partial charge in [-0.1, -0.05) is 35.0 Å². The molecule has 0 unspecified atom stereocenters. The summed E-state index contributed by atoms with van der Waals surface area (Å²) in [4.78, 5) is 0. The van der Waals surface area contributed by atoms with Gasteiger partial charge in [-0.3, -0.25) is 0 Å². The highest BCUT2D eigenvalue weighted by molar-refractivity contribution is 9.10. The molecular formula is C14H20BrNO3S. The van der Waals surface area contributed by atoms with Crippen molar-refractivity contribution < 1.29 is 13.2 Å². The van der Waals surface area contributed by atoms with Crippen LogP contribution >= 0.6 is 15.9 Å². The van der Waals surface area contributed by atoms with Crippen molar-refractivity contribution in [2.45, 2.75) is 30.6 Å². The van der Waals surface area contributed by atoms with E-state index in [0.29, 0.717) is 6.61 Å². The molecule has 1 aromatic rings. The Morgan fingerprint density at radius 2 is 1.90 bits per heavy atom. The molecular weight excluding hydrogens is 342 g/mol. The zero-order valence-electron chi connectivity index (χ0n) is 11.7. The van der Waals surface area contributed by atoms with Crippen LogP contribution in [0, 0.1) is 0 Å². The van der Waals surface area contributed by atoms with E-state index in [9.17, 15) is 8.42 Å². The second-order valence-electron chi connectivity index (χ2n) is 5.15. The second-order valence-corrected chi connectivity index (χ2v) is 8.48. The van der Waals surface area contributed by atoms with E-state index in [1.165, 1.54) is 0 Å². The van der Waals surface area contributed by atoms with Crippen molar-refractivity contribution in [1.29, 1.82) is 0 Å². The van der Waals surface area contributed by atoms with E-state index < -0.39 is 20.6 Å². The summed E-state index contributed by atoms with van der Waals surface area (Å²) in [6.07, 6.45) is 0. The summed E-state index contributed by atoms with van der Waals surface area (Å²) in [6.45, 7) is 4.34. The Hall–Kier alpha value is -0.430. The molecule has 1 saturated carbocycles. The molecule has 1 fully saturated rings. The molecule has 2 N–H and O–H groups in total.